The van der Waals surface area contributed by atoms with Crippen molar-refractivity contribution in [3.63, 3.8) is 0 Å². The van der Waals surface area contributed by atoms with Gasteiger partial charge in [0.1, 0.15) is 5.78 Å². The number of ether oxygens (including phenoxy) is 2. The van der Waals surface area contributed by atoms with Crippen LogP contribution in [0.15, 0.2) is 0 Å². The number of piperidine rings is 1. The van der Waals surface area contributed by atoms with Crippen molar-refractivity contribution >= 4 is 5.78 Å². The van der Waals surface area contributed by atoms with E-state index in [1.165, 1.54) is 0 Å². The summed E-state index contributed by atoms with van der Waals surface area (Å²) in [5.74, 6) is 0.869. The maximum atomic E-state index is 12.1. The Labute approximate surface area is 89.3 Å². The summed E-state index contributed by atoms with van der Waals surface area (Å²) >= 11 is 0. The van der Waals surface area contributed by atoms with Crippen LogP contribution in [0.4, 0.5) is 0 Å². The Kier molecular flexibility index (Phi) is 2.50. The Bertz CT molecular complexity index is 253. The first kappa shape index (κ1) is 9.75. The number of rotatable bonds is 2. The molecule has 0 aromatic rings. The lowest BCUT2D eigenvalue weighted by Gasteiger charge is -2.41. The second-order valence-electron chi connectivity index (χ2n) is 4.90. The van der Waals surface area contributed by atoms with E-state index in [1.54, 1.807) is 0 Å². The van der Waals surface area contributed by atoms with Gasteiger partial charge >= 0.3 is 0 Å². The number of nitrogens with one attached hydrogen (secondary N) is 1. The Morgan fingerprint density at radius 1 is 0.933 bits per heavy atom. The Morgan fingerprint density at radius 2 is 1.53 bits per heavy atom. The van der Waals surface area contributed by atoms with E-state index in [-0.39, 0.29) is 11.8 Å². The summed E-state index contributed by atoms with van der Waals surface area (Å²) in [6, 6.07) is 0.792. The number of morpholine rings is 1. The zero-order chi connectivity index (χ0) is 10.3. The van der Waals surface area contributed by atoms with Gasteiger partial charge in [-0.1, -0.05) is 0 Å². The summed E-state index contributed by atoms with van der Waals surface area (Å²) in [6.07, 6.45) is 1.90. The molecule has 2 atom stereocenters. The summed E-state index contributed by atoms with van der Waals surface area (Å²) in [5.41, 5.74) is 0. The normalized spacial score (nSPS) is 40.9. The molecular weight excluding hydrogens is 194 g/mol. The Balaban J connectivity index is 1.63. The van der Waals surface area contributed by atoms with Crippen molar-refractivity contribution in [2.75, 3.05) is 26.4 Å². The maximum absolute atomic E-state index is 12.1. The first-order valence-electron chi connectivity index (χ1n) is 5.78. The number of ketones is 1. The van der Waals surface area contributed by atoms with Crippen molar-refractivity contribution in [3.05, 3.63) is 0 Å². The molecule has 2 unspecified atom stereocenters. The van der Waals surface area contributed by atoms with E-state index in [0.29, 0.717) is 31.1 Å². The van der Waals surface area contributed by atoms with Gasteiger partial charge in [0, 0.05) is 18.0 Å². The third-order valence-corrected chi connectivity index (χ3v) is 3.69. The van der Waals surface area contributed by atoms with Gasteiger partial charge in [-0.05, 0) is 12.8 Å². The predicted octanol–water partition coefficient (Wildman–Crippen LogP) is -0.0311. The van der Waals surface area contributed by atoms with Gasteiger partial charge < -0.3 is 14.8 Å². The van der Waals surface area contributed by atoms with Crippen molar-refractivity contribution in [2.24, 2.45) is 11.8 Å². The molecule has 15 heavy (non-hydrogen) atoms. The first-order valence-corrected chi connectivity index (χ1v) is 5.78. The average Bonchev–Trinajstić information content (AvgIpc) is 2.14. The zero-order valence-corrected chi connectivity index (χ0v) is 8.78. The van der Waals surface area contributed by atoms with Crippen molar-refractivity contribution in [3.8, 4) is 0 Å². The molecule has 0 aliphatic carbocycles. The van der Waals surface area contributed by atoms with Gasteiger partial charge in [0.2, 0.25) is 0 Å². The standard InChI is InChI=1S/C11H17NO3/c13-11(8-3-14-4-8)7-1-9-5-15-6-10(2-7)12-9/h7-10,12H,1-6H2. The zero-order valence-electron chi connectivity index (χ0n) is 8.78. The molecule has 1 N–H and O–H groups in total. The second kappa shape index (κ2) is 3.85. The summed E-state index contributed by atoms with van der Waals surface area (Å²) in [7, 11) is 0. The topological polar surface area (TPSA) is 47.6 Å². The molecular formula is C11H17NO3. The van der Waals surface area contributed by atoms with E-state index in [1.807, 2.05) is 0 Å². The minimum atomic E-state index is 0.190. The van der Waals surface area contributed by atoms with Crippen LogP contribution in [-0.2, 0) is 14.3 Å². The molecule has 2 bridgehead atoms. The molecule has 3 saturated heterocycles. The summed E-state index contributed by atoms with van der Waals surface area (Å²) in [5, 5.41) is 3.50. The van der Waals surface area contributed by atoms with Gasteiger partial charge in [0.05, 0.1) is 32.3 Å². The van der Waals surface area contributed by atoms with E-state index >= 15 is 0 Å². The van der Waals surface area contributed by atoms with Crippen LogP contribution in [0.25, 0.3) is 0 Å². The monoisotopic (exact) mass is 211 g/mol. The second-order valence-corrected chi connectivity index (χ2v) is 4.90. The highest BCUT2D eigenvalue weighted by Crippen LogP contribution is 2.28. The number of carbonyl (C=O) groups excluding carboxylic acids is 1. The van der Waals surface area contributed by atoms with Gasteiger partial charge in [-0.15, -0.1) is 0 Å². The van der Waals surface area contributed by atoms with Crippen LogP contribution in [0.3, 0.4) is 0 Å². The fourth-order valence-electron chi connectivity index (χ4n) is 2.80. The molecule has 3 fully saturated rings. The quantitative estimate of drug-likeness (QED) is 0.696. The maximum Gasteiger partial charge on any atom is 0.143 e. The Morgan fingerprint density at radius 3 is 2.07 bits per heavy atom. The van der Waals surface area contributed by atoms with Crippen molar-refractivity contribution in [1.82, 2.24) is 5.32 Å². The molecule has 3 heterocycles. The van der Waals surface area contributed by atoms with Crippen molar-refractivity contribution < 1.29 is 14.3 Å². The van der Waals surface area contributed by atoms with Gasteiger partial charge in [0.15, 0.2) is 0 Å². The number of hydrogen-bond acceptors (Lipinski definition) is 4. The number of Topliss-reactive ketones (excluding diaryl/α,β-unsaturated/α-hetero) is 1. The minimum Gasteiger partial charge on any atom is -0.380 e. The first-order chi connectivity index (χ1) is 7.33. The highest BCUT2D eigenvalue weighted by Gasteiger charge is 2.39. The lowest BCUT2D eigenvalue weighted by Crippen LogP contribution is -2.56. The molecule has 0 radical (unpaired) electrons. The third-order valence-electron chi connectivity index (χ3n) is 3.69. The highest BCUT2D eigenvalue weighted by molar-refractivity contribution is 5.84. The smallest absolute Gasteiger partial charge is 0.143 e. The van der Waals surface area contributed by atoms with Crippen molar-refractivity contribution in [2.45, 2.75) is 24.9 Å². The van der Waals surface area contributed by atoms with Gasteiger partial charge in [0.25, 0.3) is 0 Å². The average molecular weight is 211 g/mol. The predicted molar refractivity (Wildman–Crippen MR) is 53.6 cm³/mol. The molecule has 3 rings (SSSR count). The highest BCUT2D eigenvalue weighted by atomic mass is 16.5. The third kappa shape index (κ3) is 1.82. The van der Waals surface area contributed by atoms with Crippen LogP contribution in [0, 0.1) is 11.8 Å². The molecule has 3 aliphatic rings. The molecule has 0 spiro atoms. The fourth-order valence-corrected chi connectivity index (χ4v) is 2.80. The molecule has 0 saturated carbocycles. The lowest BCUT2D eigenvalue weighted by molar-refractivity contribution is -0.143. The number of fused-ring (bicyclic) bond motifs is 2. The molecule has 3 aliphatic heterocycles. The van der Waals surface area contributed by atoms with Gasteiger partial charge in [-0.2, -0.15) is 0 Å². The molecule has 84 valence electrons. The molecule has 0 amide bonds. The van der Waals surface area contributed by atoms with E-state index in [0.717, 1.165) is 26.1 Å². The van der Waals surface area contributed by atoms with Crippen molar-refractivity contribution in [1.29, 1.82) is 0 Å². The number of hydrogen-bond donors (Lipinski definition) is 1. The molecule has 0 aromatic carbocycles. The van der Waals surface area contributed by atoms with E-state index < -0.39 is 0 Å². The lowest BCUT2D eigenvalue weighted by atomic mass is 9.79. The fraction of sp³-hybridized carbons (Fsp3) is 0.909. The summed E-state index contributed by atoms with van der Waals surface area (Å²) in [4.78, 5) is 12.1. The minimum absolute atomic E-state index is 0.190. The summed E-state index contributed by atoms with van der Waals surface area (Å²) in [6.45, 7) is 2.83. The summed E-state index contributed by atoms with van der Waals surface area (Å²) < 4.78 is 10.5. The molecule has 4 heteroatoms. The van der Waals surface area contributed by atoms with Crippen LogP contribution in [-0.4, -0.2) is 44.3 Å². The van der Waals surface area contributed by atoms with E-state index in [4.69, 9.17) is 9.47 Å². The van der Waals surface area contributed by atoms with E-state index in [2.05, 4.69) is 5.32 Å². The number of carbonyl (C=O) groups is 1. The SMILES string of the molecule is O=C(C1COC1)C1CC2COCC(C1)N2. The van der Waals surface area contributed by atoms with Crippen LogP contribution >= 0.6 is 0 Å². The Hall–Kier alpha value is -0.450. The van der Waals surface area contributed by atoms with Gasteiger partial charge in [-0.25, -0.2) is 0 Å². The largest absolute Gasteiger partial charge is 0.380 e. The molecule has 4 nitrogen and oxygen atoms in total. The van der Waals surface area contributed by atoms with Crippen LogP contribution < -0.4 is 5.32 Å². The van der Waals surface area contributed by atoms with Crippen LogP contribution in [0.1, 0.15) is 12.8 Å². The van der Waals surface area contributed by atoms with E-state index in [9.17, 15) is 4.79 Å². The van der Waals surface area contributed by atoms with Crippen LogP contribution in [0.5, 0.6) is 0 Å². The molecule has 0 aromatic heterocycles. The van der Waals surface area contributed by atoms with Gasteiger partial charge in [-0.3, -0.25) is 4.79 Å². The van der Waals surface area contributed by atoms with Crippen LogP contribution in [0.2, 0.25) is 0 Å².